The number of allylic oxidation sites excluding steroid dienone is 1. The summed E-state index contributed by atoms with van der Waals surface area (Å²) in [6.07, 6.45) is -3.49. The number of alkyl halides is 3. The van der Waals surface area contributed by atoms with Crippen LogP contribution in [0.15, 0.2) is 46.4 Å². The smallest absolute Gasteiger partial charge is 0.429 e. The fraction of sp³-hybridized carbons (Fsp3) is 0.200. The Kier molecular flexibility index (Phi) is 4.12. The number of nitrogens with zero attached hydrogens (tertiary/aromatic N) is 2. The van der Waals surface area contributed by atoms with Crippen molar-refractivity contribution in [3.05, 3.63) is 57.8 Å². The number of hydrogen-bond donors (Lipinski definition) is 1. The summed E-state index contributed by atoms with van der Waals surface area (Å²) in [4.78, 5) is 10.7. The van der Waals surface area contributed by atoms with Crippen molar-refractivity contribution >= 4 is 17.7 Å². The van der Waals surface area contributed by atoms with Crippen LogP contribution in [0, 0.1) is 0 Å². The summed E-state index contributed by atoms with van der Waals surface area (Å²) in [5.41, 5.74) is 0.256. The monoisotopic (exact) mass is 341 g/mol. The van der Waals surface area contributed by atoms with Gasteiger partial charge in [0.25, 0.3) is 6.01 Å². The molecule has 0 radical (unpaired) electrons. The first-order valence-electron chi connectivity index (χ1n) is 6.70. The van der Waals surface area contributed by atoms with Crippen molar-refractivity contribution in [3.8, 4) is 6.01 Å². The molecule has 0 aliphatic carbocycles. The number of imidazole rings is 1. The van der Waals surface area contributed by atoms with E-state index < -0.39 is 12.3 Å². The van der Waals surface area contributed by atoms with E-state index in [2.05, 4.69) is 15.0 Å². The van der Waals surface area contributed by atoms with Crippen molar-refractivity contribution in [2.24, 2.45) is 4.99 Å². The molecule has 1 atom stereocenters. The standard InChI is InChI=1S/C15H11ClF3N3O/c16-10-6-7-20-13-11(8-10)21-14(22-13)23-12(15(17,18)19)9-4-2-1-3-5-9/h1-6,8,12H,7H2,(H,20,21,22). The van der Waals surface area contributed by atoms with Crippen molar-refractivity contribution < 1.29 is 17.9 Å². The second kappa shape index (κ2) is 6.08. The van der Waals surface area contributed by atoms with Gasteiger partial charge in [-0.3, -0.25) is 4.99 Å². The van der Waals surface area contributed by atoms with E-state index in [1.54, 1.807) is 18.2 Å². The molecule has 0 bridgehead atoms. The summed E-state index contributed by atoms with van der Waals surface area (Å²) in [5.74, 6) is 0. The van der Waals surface area contributed by atoms with Gasteiger partial charge in [-0.2, -0.15) is 18.2 Å². The van der Waals surface area contributed by atoms with Crippen LogP contribution in [-0.4, -0.2) is 22.7 Å². The number of aromatic nitrogens is 2. The summed E-state index contributed by atoms with van der Waals surface area (Å²) in [6.45, 7) is 0.300. The van der Waals surface area contributed by atoms with Crippen LogP contribution in [-0.2, 0) is 0 Å². The van der Waals surface area contributed by atoms with E-state index in [1.807, 2.05) is 0 Å². The number of halogens is 4. The van der Waals surface area contributed by atoms with Gasteiger partial charge in [0.2, 0.25) is 6.10 Å². The van der Waals surface area contributed by atoms with Gasteiger partial charge >= 0.3 is 6.18 Å². The molecule has 23 heavy (non-hydrogen) atoms. The van der Waals surface area contributed by atoms with Gasteiger partial charge in [0.15, 0.2) is 5.49 Å². The van der Waals surface area contributed by atoms with Crippen LogP contribution < -0.4 is 15.6 Å². The number of H-pyrrole nitrogens is 1. The molecule has 1 unspecified atom stereocenters. The Morgan fingerprint density at radius 3 is 2.65 bits per heavy atom. The van der Waals surface area contributed by atoms with Gasteiger partial charge < -0.3 is 9.72 Å². The van der Waals surface area contributed by atoms with E-state index in [0.717, 1.165) is 0 Å². The van der Waals surface area contributed by atoms with Crippen LogP contribution in [0.2, 0.25) is 0 Å². The first kappa shape index (κ1) is 15.6. The molecule has 1 aliphatic rings. The highest BCUT2D eigenvalue weighted by atomic mass is 35.5. The fourth-order valence-corrected chi connectivity index (χ4v) is 2.29. The van der Waals surface area contributed by atoms with E-state index >= 15 is 0 Å². The van der Waals surface area contributed by atoms with Crippen molar-refractivity contribution in [1.29, 1.82) is 0 Å². The number of hydrogen-bond acceptors (Lipinski definition) is 3. The minimum Gasteiger partial charge on any atom is -0.447 e. The Hall–Kier alpha value is -2.28. The minimum absolute atomic E-state index is 0.00885. The molecular formula is C15H11ClF3N3O. The van der Waals surface area contributed by atoms with Crippen LogP contribution in [0.5, 0.6) is 6.01 Å². The van der Waals surface area contributed by atoms with Gasteiger partial charge in [-0.05, 0) is 12.2 Å². The number of nitrogens with one attached hydrogen (secondary N) is 1. The van der Waals surface area contributed by atoms with E-state index in [9.17, 15) is 13.2 Å². The third-order valence-corrected chi connectivity index (χ3v) is 3.39. The van der Waals surface area contributed by atoms with Crippen molar-refractivity contribution in [3.63, 3.8) is 0 Å². The third-order valence-electron chi connectivity index (χ3n) is 3.13. The average Bonchev–Trinajstić information content (AvgIpc) is 2.78. The molecule has 4 nitrogen and oxygen atoms in total. The zero-order chi connectivity index (χ0) is 16.4. The van der Waals surface area contributed by atoms with E-state index in [-0.39, 0.29) is 17.1 Å². The van der Waals surface area contributed by atoms with Crippen molar-refractivity contribution in [1.82, 2.24) is 9.97 Å². The molecule has 8 heteroatoms. The summed E-state index contributed by atoms with van der Waals surface area (Å²) < 4.78 is 44.9. The average molecular weight is 342 g/mol. The molecule has 1 N–H and O–H groups in total. The van der Waals surface area contributed by atoms with Gasteiger partial charge in [-0.1, -0.05) is 41.9 Å². The molecular weight excluding hydrogens is 331 g/mol. The zero-order valence-corrected chi connectivity index (χ0v) is 12.4. The fourth-order valence-electron chi connectivity index (χ4n) is 2.11. The number of aromatic amines is 1. The maximum Gasteiger partial charge on any atom is 0.429 e. The van der Waals surface area contributed by atoms with Crippen molar-refractivity contribution in [2.45, 2.75) is 12.3 Å². The number of rotatable bonds is 3. The van der Waals surface area contributed by atoms with E-state index in [1.165, 1.54) is 24.3 Å². The third kappa shape index (κ3) is 3.56. The summed E-state index contributed by atoms with van der Waals surface area (Å²) in [7, 11) is 0. The molecule has 0 fully saturated rings. The van der Waals surface area contributed by atoms with Gasteiger partial charge in [0.05, 0.1) is 11.9 Å². The van der Waals surface area contributed by atoms with Crippen LogP contribution in [0.25, 0.3) is 6.08 Å². The minimum atomic E-state index is -4.58. The molecule has 2 aromatic rings. The first-order valence-corrected chi connectivity index (χ1v) is 7.07. The van der Waals surface area contributed by atoms with Gasteiger partial charge in [0, 0.05) is 10.6 Å². The van der Waals surface area contributed by atoms with Gasteiger partial charge in [-0.15, -0.1) is 0 Å². The van der Waals surface area contributed by atoms with E-state index in [0.29, 0.717) is 16.9 Å². The summed E-state index contributed by atoms with van der Waals surface area (Å²) >= 11 is 5.91. The second-order valence-electron chi connectivity index (χ2n) is 4.80. The van der Waals surface area contributed by atoms with E-state index in [4.69, 9.17) is 16.3 Å². The molecule has 0 saturated carbocycles. The predicted octanol–water partition coefficient (Wildman–Crippen LogP) is 2.63. The highest BCUT2D eigenvalue weighted by Crippen LogP contribution is 2.35. The van der Waals surface area contributed by atoms with Crippen LogP contribution in [0.3, 0.4) is 0 Å². The second-order valence-corrected chi connectivity index (χ2v) is 5.24. The number of fused-ring (bicyclic) bond motifs is 1. The lowest BCUT2D eigenvalue weighted by Crippen LogP contribution is -2.26. The topological polar surface area (TPSA) is 50.3 Å². The SMILES string of the molecule is FC(F)(F)C(Oc1nc2c([nH]1)=CC(Cl)=CCN=2)c1ccccc1. The number of benzene rings is 1. The molecule has 0 amide bonds. The van der Waals surface area contributed by atoms with Crippen LogP contribution >= 0.6 is 11.6 Å². The summed E-state index contributed by atoms with van der Waals surface area (Å²) in [5, 5.41) is 0.839. The highest BCUT2D eigenvalue weighted by molar-refractivity contribution is 6.33. The van der Waals surface area contributed by atoms with Crippen molar-refractivity contribution in [2.75, 3.05) is 6.54 Å². The van der Waals surface area contributed by atoms with Crippen LogP contribution in [0.4, 0.5) is 13.2 Å². The molecule has 1 aromatic heterocycles. The molecule has 3 rings (SSSR count). The predicted molar refractivity (Wildman–Crippen MR) is 78.5 cm³/mol. The molecule has 1 aliphatic heterocycles. The molecule has 2 heterocycles. The molecule has 120 valence electrons. The Morgan fingerprint density at radius 2 is 1.96 bits per heavy atom. The Bertz CT molecular complexity index is 843. The molecule has 0 spiro atoms. The lowest BCUT2D eigenvalue weighted by molar-refractivity contribution is -0.199. The normalized spacial score (nSPS) is 15.6. The quantitative estimate of drug-likeness (QED) is 0.933. The van der Waals surface area contributed by atoms with Gasteiger partial charge in [0.1, 0.15) is 0 Å². The largest absolute Gasteiger partial charge is 0.447 e. The maximum absolute atomic E-state index is 13.3. The molecule has 1 aromatic carbocycles. The number of ether oxygens (including phenoxy) is 1. The Morgan fingerprint density at radius 1 is 1.22 bits per heavy atom. The summed E-state index contributed by atoms with van der Waals surface area (Å²) in [6, 6.07) is 7.11. The Labute approximate surface area is 134 Å². The first-order chi connectivity index (χ1) is 10.9. The Balaban J connectivity index is 1.97. The molecule has 0 saturated heterocycles. The zero-order valence-electron chi connectivity index (χ0n) is 11.6. The maximum atomic E-state index is 13.3. The highest BCUT2D eigenvalue weighted by Gasteiger charge is 2.43. The lowest BCUT2D eigenvalue weighted by Gasteiger charge is -2.20. The van der Waals surface area contributed by atoms with Crippen LogP contribution in [0.1, 0.15) is 11.7 Å². The van der Waals surface area contributed by atoms with Gasteiger partial charge in [-0.25, -0.2) is 0 Å². The lowest BCUT2D eigenvalue weighted by atomic mass is 10.1.